The van der Waals surface area contributed by atoms with Crippen LogP contribution in [-0.2, 0) is 0 Å². The monoisotopic (exact) mass is 315 g/mol. The topological polar surface area (TPSA) is 72.6 Å². The Labute approximate surface area is 109 Å². The van der Waals surface area contributed by atoms with Crippen LogP contribution in [0.15, 0.2) is 27.2 Å². The summed E-state index contributed by atoms with van der Waals surface area (Å²) in [5.41, 5.74) is -0.279. The van der Waals surface area contributed by atoms with Crippen molar-refractivity contribution in [3.63, 3.8) is 0 Å². The maximum atomic E-state index is 14.0. The Hall–Kier alpha value is -1.89. The molecule has 0 aliphatic heterocycles. The van der Waals surface area contributed by atoms with E-state index in [9.17, 15) is 9.18 Å². The number of ether oxygens (including phenoxy) is 1. The third kappa shape index (κ3) is 2.08. The Bertz CT molecular complexity index is 611. The zero-order chi connectivity index (χ0) is 13.3. The molecule has 1 heterocycles. The predicted octanol–water partition coefficient (Wildman–Crippen LogP) is 2.95. The lowest BCUT2D eigenvalue weighted by Crippen LogP contribution is -1.95. The van der Waals surface area contributed by atoms with Crippen LogP contribution in [0.3, 0.4) is 0 Å². The molecule has 0 aliphatic rings. The van der Waals surface area contributed by atoms with Crippen molar-refractivity contribution in [3.05, 3.63) is 34.2 Å². The van der Waals surface area contributed by atoms with Gasteiger partial charge in [0.15, 0.2) is 17.3 Å². The minimum atomic E-state index is -1.25. The van der Waals surface area contributed by atoms with Gasteiger partial charge in [0.1, 0.15) is 5.75 Å². The zero-order valence-corrected chi connectivity index (χ0v) is 10.7. The first kappa shape index (κ1) is 12.6. The van der Waals surface area contributed by atoms with Gasteiger partial charge in [-0.2, -0.15) is 0 Å². The van der Waals surface area contributed by atoms with Crippen LogP contribution in [0.5, 0.6) is 5.75 Å². The average molecular weight is 316 g/mol. The third-order valence-electron chi connectivity index (χ3n) is 2.25. The zero-order valence-electron chi connectivity index (χ0n) is 9.11. The standard InChI is InChI=1S/C11H7BrFNO4/c1-17-7-3-2-5(12)10(13)9(7)8-4-6(11(15)16)14-18-8/h2-4H,1H3,(H,15,16). The Kier molecular flexibility index (Phi) is 3.33. The molecule has 1 aromatic carbocycles. The number of methoxy groups -OCH3 is 1. The molecule has 18 heavy (non-hydrogen) atoms. The number of aromatic carboxylic acids is 1. The number of hydrogen-bond acceptors (Lipinski definition) is 4. The van der Waals surface area contributed by atoms with Crippen molar-refractivity contribution in [2.24, 2.45) is 0 Å². The molecule has 0 amide bonds. The summed E-state index contributed by atoms with van der Waals surface area (Å²) in [6, 6.07) is 4.15. The van der Waals surface area contributed by atoms with Gasteiger partial charge in [0.05, 0.1) is 17.1 Å². The molecule has 7 heteroatoms. The summed E-state index contributed by atoms with van der Waals surface area (Å²) < 4.78 is 24.0. The number of benzene rings is 1. The number of carboxylic acid groups (broad SMARTS) is 1. The molecule has 0 saturated heterocycles. The third-order valence-corrected chi connectivity index (χ3v) is 2.86. The molecule has 1 N–H and O–H groups in total. The van der Waals surface area contributed by atoms with Crippen LogP contribution >= 0.6 is 15.9 Å². The van der Waals surface area contributed by atoms with Crippen LogP contribution in [0.4, 0.5) is 4.39 Å². The van der Waals surface area contributed by atoms with E-state index in [0.29, 0.717) is 0 Å². The Morgan fingerprint density at radius 1 is 1.56 bits per heavy atom. The first-order valence-electron chi connectivity index (χ1n) is 4.77. The summed E-state index contributed by atoms with van der Waals surface area (Å²) in [7, 11) is 1.38. The molecular formula is C11H7BrFNO4. The highest BCUT2D eigenvalue weighted by Crippen LogP contribution is 2.36. The first-order valence-corrected chi connectivity index (χ1v) is 5.56. The van der Waals surface area contributed by atoms with Crippen molar-refractivity contribution in [3.8, 4) is 17.1 Å². The number of aromatic nitrogens is 1. The van der Waals surface area contributed by atoms with E-state index >= 15 is 0 Å². The number of carbonyl (C=O) groups is 1. The summed E-state index contributed by atoms with van der Waals surface area (Å²) >= 11 is 3.03. The predicted molar refractivity (Wildman–Crippen MR) is 63.1 cm³/mol. The fraction of sp³-hybridized carbons (Fsp3) is 0.0909. The summed E-state index contributed by atoms with van der Waals surface area (Å²) in [6.07, 6.45) is 0. The van der Waals surface area contributed by atoms with Gasteiger partial charge >= 0.3 is 5.97 Å². The lowest BCUT2D eigenvalue weighted by Gasteiger charge is -2.07. The van der Waals surface area contributed by atoms with Crippen molar-refractivity contribution in [2.75, 3.05) is 7.11 Å². The van der Waals surface area contributed by atoms with Crippen molar-refractivity contribution < 1.29 is 23.6 Å². The van der Waals surface area contributed by atoms with Crippen LogP contribution < -0.4 is 4.74 Å². The molecule has 94 valence electrons. The normalized spacial score (nSPS) is 10.4. The van der Waals surface area contributed by atoms with E-state index in [2.05, 4.69) is 21.1 Å². The summed E-state index contributed by atoms with van der Waals surface area (Å²) in [5, 5.41) is 12.1. The van der Waals surface area contributed by atoms with Crippen LogP contribution in [-0.4, -0.2) is 23.3 Å². The average Bonchev–Trinajstić information content (AvgIpc) is 2.81. The molecule has 1 aromatic heterocycles. The van der Waals surface area contributed by atoms with Crippen LogP contribution in [0.1, 0.15) is 10.5 Å². The molecular weight excluding hydrogens is 309 g/mol. The van der Waals surface area contributed by atoms with E-state index in [1.54, 1.807) is 0 Å². The lowest BCUT2D eigenvalue weighted by atomic mass is 10.1. The van der Waals surface area contributed by atoms with E-state index in [1.807, 2.05) is 0 Å². The van der Waals surface area contributed by atoms with Crippen LogP contribution in [0.25, 0.3) is 11.3 Å². The molecule has 0 bridgehead atoms. The minimum Gasteiger partial charge on any atom is -0.496 e. The number of hydrogen-bond donors (Lipinski definition) is 1. The van der Waals surface area contributed by atoms with Gasteiger partial charge in [-0.3, -0.25) is 0 Å². The highest BCUT2D eigenvalue weighted by molar-refractivity contribution is 9.10. The molecule has 5 nitrogen and oxygen atoms in total. The molecule has 0 unspecified atom stereocenters. The molecule has 0 saturated carbocycles. The fourth-order valence-corrected chi connectivity index (χ4v) is 1.76. The van der Waals surface area contributed by atoms with Gasteiger partial charge in [0.25, 0.3) is 0 Å². The number of halogens is 2. The largest absolute Gasteiger partial charge is 0.496 e. The minimum absolute atomic E-state index is 0.0111. The van der Waals surface area contributed by atoms with Gasteiger partial charge in [-0.1, -0.05) is 5.16 Å². The molecule has 0 fully saturated rings. The van der Waals surface area contributed by atoms with Gasteiger partial charge < -0.3 is 14.4 Å². The highest BCUT2D eigenvalue weighted by Gasteiger charge is 2.21. The maximum Gasteiger partial charge on any atom is 0.358 e. The van der Waals surface area contributed by atoms with E-state index in [0.717, 1.165) is 6.07 Å². The molecule has 2 aromatic rings. The summed E-state index contributed by atoms with van der Waals surface area (Å²) in [5.74, 6) is -1.64. The molecule has 0 aliphatic carbocycles. The summed E-state index contributed by atoms with van der Waals surface area (Å²) in [4.78, 5) is 10.7. The van der Waals surface area contributed by atoms with E-state index in [4.69, 9.17) is 14.4 Å². The first-order chi connectivity index (χ1) is 8.54. The van der Waals surface area contributed by atoms with Crippen molar-refractivity contribution in [1.29, 1.82) is 0 Å². The summed E-state index contributed by atoms with van der Waals surface area (Å²) in [6.45, 7) is 0. The lowest BCUT2D eigenvalue weighted by molar-refractivity contribution is 0.0686. The molecule has 2 rings (SSSR count). The highest BCUT2D eigenvalue weighted by atomic mass is 79.9. The van der Waals surface area contributed by atoms with Crippen molar-refractivity contribution >= 4 is 21.9 Å². The quantitative estimate of drug-likeness (QED) is 0.942. The molecule has 0 atom stereocenters. The number of rotatable bonds is 3. The maximum absolute atomic E-state index is 14.0. The van der Waals surface area contributed by atoms with E-state index in [1.165, 1.54) is 19.2 Å². The SMILES string of the molecule is COc1ccc(Br)c(F)c1-c1cc(C(=O)O)no1. The second kappa shape index (κ2) is 4.77. The molecule has 0 radical (unpaired) electrons. The number of nitrogens with zero attached hydrogens (tertiary/aromatic N) is 1. The fourth-order valence-electron chi connectivity index (χ4n) is 1.43. The van der Waals surface area contributed by atoms with Gasteiger partial charge in [-0.05, 0) is 28.1 Å². The van der Waals surface area contributed by atoms with E-state index in [-0.39, 0.29) is 27.2 Å². The Morgan fingerprint density at radius 3 is 2.83 bits per heavy atom. The number of carboxylic acids is 1. The van der Waals surface area contributed by atoms with Crippen LogP contribution in [0, 0.1) is 5.82 Å². The second-order valence-corrected chi connectivity index (χ2v) is 4.17. The van der Waals surface area contributed by atoms with Gasteiger partial charge in [0, 0.05) is 6.07 Å². The van der Waals surface area contributed by atoms with Gasteiger partial charge in [-0.25, -0.2) is 9.18 Å². The van der Waals surface area contributed by atoms with Crippen molar-refractivity contribution in [2.45, 2.75) is 0 Å². The Balaban J connectivity index is 2.61. The van der Waals surface area contributed by atoms with Crippen molar-refractivity contribution in [1.82, 2.24) is 5.16 Å². The molecule has 0 spiro atoms. The second-order valence-electron chi connectivity index (χ2n) is 3.32. The van der Waals surface area contributed by atoms with Gasteiger partial charge in [0.2, 0.25) is 0 Å². The van der Waals surface area contributed by atoms with Gasteiger partial charge in [-0.15, -0.1) is 0 Å². The van der Waals surface area contributed by atoms with Crippen LogP contribution in [0.2, 0.25) is 0 Å². The Morgan fingerprint density at radius 2 is 2.28 bits per heavy atom. The smallest absolute Gasteiger partial charge is 0.358 e. The van der Waals surface area contributed by atoms with E-state index < -0.39 is 11.8 Å².